The van der Waals surface area contributed by atoms with E-state index in [0.29, 0.717) is 18.5 Å². The Morgan fingerprint density at radius 3 is 2.67 bits per heavy atom. The molecule has 24 heavy (non-hydrogen) atoms. The summed E-state index contributed by atoms with van der Waals surface area (Å²) in [6.45, 7) is 4.47. The fraction of sp³-hybridized carbons (Fsp3) is 0.444. The summed E-state index contributed by atoms with van der Waals surface area (Å²) in [4.78, 5) is 2.27. The van der Waals surface area contributed by atoms with Crippen LogP contribution in [0.15, 0.2) is 36.4 Å². The molecule has 0 unspecified atom stereocenters. The van der Waals surface area contributed by atoms with Crippen LogP contribution < -0.4 is 19.7 Å². The molecule has 1 aromatic carbocycles. The molecule has 1 fully saturated rings. The monoisotopic (exact) mass is 328 g/mol. The molecule has 0 spiro atoms. The van der Waals surface area contributed by atoms with Crippen molar-refractivity contribution >= 4 is 11.5 Å². The van der Waals surface area contributed by atoms with Crippen LogP contribution in [0.5, 0.6) is 11.6 Å². The molecule has 0 radical (unpaired) electrons. The number of aromatic nitrogens is 2. The number of hydrogen-bond donors (Lipinski definition) is 1. The van der Waals surface area contributed by atoms with E-state index in [1.807, 2.05) is 37.3 Å². The van der Waals surface area contributed by atoms with E-state index < -0.39 is 0 Å². The lowest BCUT2D eigenvalue weighted by Gasteiger charge is -2.33. The summed E-state index contributed by atoms with van der Waals surface area (Å²) in [6.07, 6.45) is 2.12. The minimum absolute atomic E-state index is 0.462. The summed E-state index contributed by atoms with van der Waals surface area (Å²) in [5.41, 5.74) is 1.11. The molecule has 0 atom stereocenters. The third-order valence-electron chi connectivity index (χ3n) is 4.18. The van der Waals surface area contributed by atoms with Gasteiger partial charge in [-0.1, -0.05) is 6.07 Å². The van der Waals surface area contributed by atoms with Gasteiger partial charge in [-0.2, -0.15) is 0 Å². The molecule has 128 valence electrons. The van der Waals surface area contributed by atoms with Gasteiger partial charge in [0.05, 0.1) is 13.7 Å². The Morgan fingerprint density at radius 1 is 1.17 bits per heavy atom. The Labute approximate surface area is 142 Å². The zero-order chi connectivity index (χ0) is 16.8. The standard InChI is InChI=1S/C18H24N4O2/c1-3-24-18-8-7-17(20-21-18)22-11-9-14(10-12-22)19-15-5-4-6-16(13-15)23-2/h4-8,13-14,19H,3,9-12H2,1-2H3. The Kier molecular flexibility index (Phi) is 5.36. The molecule has 1 aliphatic heterocycles. The molecular weight excluding hydrogens is 304 g/mol. The second kappa shape index (κ2) is 7.86. The molecule has 0 saturated carbocycles. The van der Waals surface area contributed by atoms with Gasteiger partial charge in [-0.3, -0.25) is 0 Å². The normalized spacial score (nSPS) is 15.2. The maximum atomic E-state index is 5.34. The fourth-order valence-corrected chi connectivity index (χ4v) is 2.91. The summed E-state index contributed by atoms with van der Waals surface area (Å²) >= 11 is 0. The molecule has 0 bridgehead atoms. The Hall–Kier alpha value is -2.50. The van der Waals surface area contributed by atoms with Gasteiger partial charge in [0, 0.05) is 37.0 Å². The van der Waals surface area contributed by atoms with E-state index in [4.69, 9.17) is 9.47 Å². The van der Waals surface area contributed by atoms with Gasteiger partial charge in [-0.15, -0.1) is 10.2 Å². The number of benzene rings is 1. The molecule has 3 rings (SSSR count). The summed E-state index contributed by atoms with van der Waals surface area (Å²) in [5, 5.41) is 12.0. The molecule has 1 aliphatic rings. The van der Waals surface area contributed by atoms with Crippen molar-refractivity contribution in [2.24, 2.45) is 0 Å². The molecule has 1 saturated heterocycles. The second-order valence-electron chi connectivity index (χ2n) is 5.80. The maximum Gasteiger partial charge on any atom is 0.233 e. The van der Waals surface area contributed by atoms with Crippen LogP contribution in [0.4, 0.5) is 11.5 Å². The molecule has 1 N–H and O–H groups in total. The Balaban J connectivity index is 1.53. The van der Waals surface area contributed by atoms with E-state index >= 15 is 0 Å². The van der Waals surface area contributed by atoms with E-state index in [2.05, 4.69) is 26.5 Å². The van der Waals surface area contributed by atoms with Crippen LogP contribution in [0.2, 0.25) is 0 Å². The smallest absolute Gasteiger partial charge is 0.233 e. The van der Waals surface area contributed by atoms with Crippen LogP contribution in [0, 0.1) is 0 Å². The lowest BCUT2D eigenvalue weighted by atomic mass is 10.0. The average Bonchev–Trinajstić information content (AvgIpc) is 2.63. The topological polar surface area (TPSA) is 59.5 Å². The first-order valence-corrected chi connectivity index (χ1v) is 8.40. The predicted molar refractivity (Wildman–Crippen MR) is 95.1 cm³/mol. The largest absolute Gasteiger partial charge is 0.497 e. The zero-order valence-corrected chi connectivity index (χ0v) is 14.2. The summed E-state index contributed by atoms with van der Waals surface area (Å²) in [6, 6.07) is 12.4. The van der Waals surface area contributed by atoms with E-state index in [1.165, 1.54) is 0 Å². The van der Waals surface area contributed by atoms with E-state index in [9.17, 15) is 0 Å². The van der Waals surface area contributed by atoms with Gasteiger partial charge in [0.15, 0.2) is 5.82 Å². The van der Waals surface area contributed by atoms with Crippen molar-refractivity contribution in [3.8, 4) is 11.6 Å². The maximum absolute atomic E-state index is 5.34. The van der Waals surface area contributed by atoms with Gasteiger partial charge >= 0.3 is 0 Å². The van der Waals surface area contributed by atoms with Gasteiger partial charge in [0.25, 0.3) is 0 Å². The van der Waals surface area contributed by atoms with Crippen LogP contribution in [-0.4, -0.2) is 43.0 Å². The number of hydrogen-bond acceptors (Lipinski definition) is 6. The predicted octanol–water partition coefficient (Wildman–Crippen LogP) is 2.96. The SMILES string of the molecule is CCOc1ccc(N2CCC(Nc3cccc(OC)c3)CC2)nn1. The van der Waals surface area contributed by atoms with Gasteiger partial charge < -0.3 is 19.7 Å². The number of piperidine rings is 1. The molecule has 2 heterocycles. The van der Waals surface area contributed by atoms with Crippen molar-refractivity contribution in [3.63, 3.8) is 0 Å². The zero-order valence-electron chi connectivity index (χ0n) is 14.2. The summed E-state index contributed by atoms with van der Waals surface area (Å²) < 4.78 is 10.6. The van der Waals surface area contributed by atoms with Crippen molar-refractivity contribution in [2.45, 2.75) is 25.8 Å². The Bertz CT molecular complexity index is 640. The van der Waals surface area contributed by atoms with Crippen LogP contribution in [-0.2, 0) is 0 Å². The van der Waals surface area contributed by atoms with Gasteiger partial charge in [-0.05, 0) is 38.0 Å². The lowest BCUT2D eigenvalue weighted by Crippen LogP contribution is -2.39. The van der Waals surface area contributed by atoms with Gasteiger partial charge in [0.2, 0.25) is 5.88 Å². The average molecular weight is 328 g/mol. The number of anilines is 2. The fourth-order valence-electron chi connectivity index (χ4n) is 2.91. The minimum atomic E-state index is 0.462. The minimum Gasteiger partial charge on any atom is -0.497 e. The van der Waals surface area contributed by atoms with Crippen molar-refractivity contribution in [2.75, 3.05) is 37.0 Å². The highest BCUT2D eigenvalue weighted by Crippen LogP contribution is 2.23. The van der Waals surface area contributed by atoms with Crippen LogP contribution >= 0.6 is 0 Å². The number of rotatable bonds is 6. The molecule has 6 nitrogen and oxygen atoms in total. The number of nitrogens with one attached hydrogen (secondary N) is 1. The molecule has 0 aliphatic carbocycles. The highest BCUT2D eigenvalue weighted by atomic mass is 16.5. The number of nitrogens with zero attached hydrogens (tertiary/aromatic N) is 3. The van der Waals surface area contributed by atoms with Crippen LogP contribution in [0.25, 0.3) is 0 Å². The van der Waals surface area contributed by atoms with Crippen molar-refractivity contribution in [1.82, 2.24) is 10.2 Å². The second-order valence-corrected chi connectivity index (χ2v) is 5.80. The summed E-state index contributed by atoms with van der Waals surface area (Å²) in [7, 11) is 1.69. The highest BCUT2D eigenvalue weighted by molar-refractivity contribution is 5.49. The number of methoxy groups -OCH3 is 1. The quantitative estimate of drug-likeness (QED) is 0.880. The van der Waals surface area contributed by atoms with Gasteiger partial charge in [-0.25, -0.2) is 0 Å². The third-order valence-corrected chi connectivity index (χ3v) is 4.18. The third kappa shape index (κ3) is 4.07. The Morgan fingerprint density at radius 2 is 2.00 bits per heavy atom. The summed E-state index contributed by atoms with van der Waals surface area (Å²) in [5.74, 6) is 2.37. The molecule has 0 amide bonds. The first-order valence-electron chi connectivity index (χ1n) is 8.40. The molecular formula is C18H24N4O2. The molecule has 2 aromatic rings. The molecule has 1 aromatic heterocycles. The van der Waals surface area contributed by atoms with Crippen LogP contribution in [0.1, 0.15) is 19.8 Å². The van der Waals surface area contributed by atoms with E-state index in [-0.39, 0.29) is 0 Å². The van der Waals surface area contributed by atoms with Crippen LogP contribution in [0.3, 0.4) is 0 Å². The molecule has 6 heteroatoms. The van der Waals surface area contributed by atoms with E-state index in [1.54, 1.807) is 7.11 Å². The van der Waals surface area contributed by atoms with Gasteiger partial charge in [0.1, 0.15) is 5.75 Å². The van der Waals surface area contributed by atoms with E-state index in [0.717, 1.165) is 43.2 Å². The van der Waals surface area contributed by atoms with Crippen molar-refractivity contribution in [3.05, 3.63) is 36.4 Å². The number of ether oxygens (including phenoxy) is 2. The lowest BCUT2D eigenvalue weighted by molar-refractivity contribution is 0.322. The first kappa shape index (κ1) is 16.4. The van der Waals surface area contributed by atoms with Crippen molar-refractivity contribution in [1.29, 1.82) is 0 Å². The first-order chi connectivity index (χ1) is 11.8. The highest BCUT2D eigenvalue weighted by Gasteiger charge is 2.20. The van der Waals surface area contributed by atoms with Crippen molar-refractivity contribution < 1.29 is 9.47 Å².